The van der Waals surface area contributed by atoms with Gasteiger partial charge in [-0.25, -0.2) is 0 Å². The van der Waals surface area contributed by atoms with Gasteiger partial charge < -0.3 is 4.57 Å². The minimum absolute atomic E-state index is 0.927. The first-order valence-electron chi connectivity index (χ1n) is 5.97. The summed E-state index contributed by atoms with van der Waals surface area (Å²) in [7, 11) is 0. The molecule has 0 bridgehead atoms. The standard InChI is InChI=1S/C12H20N4/c1-4-11-13-14-12-9-15(6-5-10(2)3)7-8-16(11)12/h5H,4,6-9H2,1-3H3. The first-order valence-corrected chi connectivity index (χ1v) is 5.97. The van der Waals surface area contributed by atoms with Crippen LogP contribution in [0.1, 0.15) is 32.4 Å². The average Bonchev–Trinajstić information content (AvgIpc) is 2.68. The van der Waals surface area contributed by atoms with Crippen LogP contribution in [0, 0.1) is 0 Å². The Morgan fingerprint density at radius 3 is 2.81 bits per heavy atom. The lowest BCUT2D eigenvalue weighted by molar-refractivity contribution is 0.237. The molecule has 0 saturated heterocycles. The van der Waals surface area contributed by atoms with Crippen molar-refractivity contribution in [3.8, 4) is 0 Å². The van der Waals surface area contributed by atoms with Crippen LogP contribution in [0.15, 0.2) is 11.6 Å². The van der Waals surface area contributed by atoms with Crippen molar-refractivity contribution in [1.29, 1.82) is 0 Å². The number of aryl methyl sites for hydroxylation is 1. The molecule has 0 saturated carbocycles. The highest BCUT2D eigenvalue weighted by Gasteiger charge is 2.19. The Morgan fingerprint density at radius 1 is 1.31 bits per heavy atom. The third kappa shape index (κ3) is 2.32. The molecule has 1 aliphatic rings. The van der Waals surface area contributed by atoms with Crippen molar-refractivity contribution in [2.75, 3.05) is 13.1 Å². The van der Waals surface area contributed by atoms with Crippen LogP contribution in [0.25, 0.3) is 0 Å². The zero-order chi connectivity index (χ0) is 11.5. The van der Waals surface area contributed by atoms with Gasteiger partial charge in [0.15, 0.2) is 0 Å². The molecule has 4 nitrogen and oxygen atoms in total. The number of fused-ring (bicyclic) bond motifs is 1. The lowest BCUT2D eigenvalue weighted by Crippen LogP contribution is -2.34. The third-order valence-corrected chi connectivity index (χ3v) is 2.98. The Kier molecular flexibility index (Phi) is 3.39. The fraction of sp³-hybridized carbons (Fsp3) is 0.667. The number of hydrogen-bond donors (Lipinski definition) is 0. The Bertz CT molecular complexity index is 388. The number of rotatable bonds is 3. The van der Waals surface area contributed by atoms with Crippen LogP contribution in [0.2, 0.25) is 0 Å². The maximum atomic E-state index is 4.26. The third-order valence-electron chi connectivity index (χ3n) is 2.98. The molecule has 1 aromatic heterocycles. The molecule has 16 heavy (non-hydrogen) atoms. The zero-order valence-corrected chi connectivity index (χ0v) is 10.4. The minimum atomic E-state index is 0.927. The monoisotopic (exact) mass is 220 g/mol. The molecule has 1 aromatic rings. The summed E-state index contributed by atoms with van der Waals surface area (Å²) >= 11 is 0. The van der Waals surface area contributed by atoms with Crippen molar-refractivity contribution in [3.05, 3.63) is 23.3 Å². The van der Waals surface area contributed by atoms with Crippen LogP contribution in [-0.4, -0.2) is 32.8 Å². The molecule has 0 atom stereocenters. The summed E-state index contributed by atoms with van der Waals surface area (Å²) in [5.74, 6) is 2.24. The molecule has 2 heterocycles. The fourth-order valence-electron chi connectivity index (χ4n) is 2.00. The van der Waals surface area contributed by atoms with Gasteiger partial charge in [-0.1, -0.05) is 18.6 Å². The van der Waals surface area contributed by atoms with Crippen molar-refractivity contribution in [3.63, 3.8) is 0 Å². The molecule has 4 heteroatoms. The lowest BCUT2D eigenvalue weighted by Gasteiger charge is -2.26. The number of hydrogen-bond acceptors (Lipinski definition) is 3. The number of aromatic nitrogens is 3. The molecule has 0 unspecified atom stereocenters. The Hall–Kier alpha value is -1.16. The van der Waals surface area contributed by atoms with Gasteiger partial charge >= 0.3 is 0 Å². The van der Waals surface area contributed by atoms with E-state index < -0.39 is 0 Å². The second kappa shape index (κ2) is 4.78. The van der Waals surface area contributed by atoms with Gasteiger partial charge in [-0.15, -0.1) is 10.2 Å². The van der Waals surface area contributed by atoms with E-state index in [0.29, 0.717) is 0 Å². The van der Waals surface area contributed by atoms with Crippen LogP contribution >= 0.6 is 0 Å². The maximum absolute atomic E-state index is 4.26. The van der Waals surface area contributed by atoms with Crippen LogP contribution in [0.5, 0.6) is 0 Å². The maximum Gasteiger partial charge on any atom is 0.147 e. The van der Waals surface area contributed by atoms with E-state index in [1.807, 2.05) is 0 Å². The number of allylic oxidation sites excluding steroid dienone is 1. The molecule has 88 valence electrons. The molecule has 0 amide bonds. The van der Waals surface area contributed by atoms with Crippen molar-refractivity contribution in [2.24, 2.45) is 0 Å². The van der Waals surface area contributed by atoms with Gasteiger partial charge in [-0.2, -0.15) is 0 Å². The summed E-state index contributed by atoms with van der Waals surface area (Å²) in [6, 6.07) is 0. The van der Waals surface area contributed by atoms with Crippen LogP contribution in [-0.2, 0) is 19.5 Å². The van der Waals surface area contributed by atoms with E-state index in [1.165, 1.54) is 5.57 Å². The van der Waals surface area contributed by atoms with Gasteiger partial charge in [0.25, 0.3) is 0 Å². The topological polar surface area (TPSA) is 34.0 Å². The van der Waals surface area contributed by atoms with Gasteiger partial charge in [0, 0.05) is 26.1 Å². The summed E-state index contributed by atoms with van der Waals surface area (Å²) < 4.78 is 2.26. The van der Waals surface area contributed by atoms with Gasteiger partial charge in [-0.05, 0) is 13.8 Å². The highest BCUT2D eigenvalue weighted by Crippen LogP contribution is 2.12. The lowest BCUT2D eigenvalue weighted by atomic mass is 10.3. The van der Waals surface area contributed by atoms with E-state index in [-0.39, 0.29) is 0 Å². The SMILES string of the molecule is CCc1nnc2n1CCN(CC=C(C)C)C2. The first kappa shape index (κ1) is 11.3. The predicted octanol–water partition coefficient (Wildman–Crippen LogP) is 1.62. The summed E-state index contributed by atoms with van der Waals surface area (Å²) in [6.07, 6.45) is 3.24. The summed E-state index contributed by atoms with van der Waals surface area (Å²) in [4.78, 5) is 2.41. The summed E-state index contributed by atoms with van der Waals surface area (Å²) in [5, 5.41) is 8.47. The molecule has 0 fully saturated rings. The second-order valence-corrected chi connectivity index (χ2v) is 4.55. The van der Waals surface area contributed by atoms with E-state index in [1.54, 1.807) is 0 Å². The van der Waals surface area contributed by atoms with E-state index in [2.05, 4.69) is 46.5 Å². The zero-order valence-electron chi connectivity index (χ0n) is 10.4. The molecular weight excluding hydrogens is 200 g/mol. The van der Waals surface area contributed by atoms with Gasteiger partial charge in [-0.3, -0.25) is 4.90 Å². The van der Waals surface area contributed by atoms with Gasteiger partial charge in [0.2, 0.25) is 0 Å². The van der Waals surface area contributed by atoms with Gasteiger partial charge in [0.05, 0.1) is 6.54 Å². The quantitative estimate of drug-likeness (QED) is 0.726. The van der Waals surface area contributed by atoms with E-state index >= 15 is 0 Å². The molecule has 2 rings (SSSR count). The number of nitrogens with zero attached hydrogens (tertiary/aromatic N) is 4. The summed E-state index contributed by atoms with van der Waals surface area (Å²) in [6.45, 7) is 10.5. The van der Waals surface area contributed by atoms with Crippen molar-refractivity contribution >= 4 is 0 Å². The molecule has 0 aliphatic carbocycles. The highest BCUT2D eigenvalue weighted by molar-refractivity contribution is 5.01. The van der Waals surface area contributed by atoms with Gasteiger partial charge in [0.1, 0.15) is 11.6 Å². The van der Waals surface area contributed by atoms with Crippen LogP contribution in [0.3, 0.4) is 0 Å². The predicted molar refractivity (Wildman–Crippen MR) is 64.1 cm³/mol. The van der Waals surface area contributed by atoms with E-state index in [0.717, 1.165) is 44.2 Å². The van der Waals surface area contributed by atoms with Crippen molar-refractivity contribution < 1.29 is 0 Å². The first-order chi connectivity index (χ1) is 7.70. The Labute approximate surface area is 97.0 Å². The smallest absolute Gasteiger partial charge is 0.147 e. The van der Waals surface area contributed by atoms with Crippen molar-refractivity contribution in [2.45, 2.75) is 40.3 Å². The average molecular weight is 220 g/mol. The normalized spacial score (nSPS) is 15.9. The summed E-state index contributed by atoms with van der Waals surface area (Å²) in [5.41, 5.74) is 1.38. The van der Waals surface area contributed by atoms with Crippen molar-refractivity contribution in [1.82, 2.24) is 19.7 Å². The molecule has 0 spiro atoms. The largest absolute Gasteiger partial charge is 0.313 e. The molecule has 0 radical (unpaired) electrons. The van der Waals surface area contributed by atoms with Crippen LogP contribution in [0.4, 0.5) is 0 Å². The Morgan fingerprint density at radius 2 is 2.12 bits per heavy atom. The highest BCUT2D eigenvalue weighted by atomic mass is 15.3. The fourth-order valence-corrected chi connectivity index (χ4v) is 2.00. The van der Waals surface area contributed by atoms with Crippen LogP contribution < -0.4 is 0 Å². The molecular formula is C12H20N4. The Balaban J connectivity index is 2.04. The second-order valence-electron chi connectivity index (χ2n) is 4.55. The minimum Gasteiger partial charge on any atom is -0.313 e. The van der Waals surface area contributed by atoms with E-state index in [4.69, 9.17) is 0 Å². The molecule has 0 aromatic carbocycles. The van der Waals surface area contributed by atoms with E-state index in [9.17, 15) is 0 Å². The molecule has 0 N–H and O–H groups in total. The molecule has 1 aliphatic heterocycles.